The lowest BCUT2D eigenvalue weighted by atomic mass is 10.3. The topological polar surface area (TPSA) is 37.8 Å². The highest BCUT2D eigenvalue weighted by Gasteiger charge is 2.03. The monoisotopic (exact) mass is 261 g/mol. The van der Waals surface area contributed by atoms with E-state index in [2.05, 4.69) is 22.2 Å². The van der Waals surface area contributed by atoms with Crippen LogP contribution in [0.2, 0.25) is 0 Å². The molecule has 1 aromatic heterocycles. The Morgan fingerprint density at radius 3 is 2.61 bits per heavy atom. The summed E-state index contributed by atoms with van der Waals surface area (Å²) in [6.45, 7) is 5.15. The van der Waals surface area contributed by atoms with Crippen molar-refractivity contribution in [3.63, 3.8) is 0 Å². The van der Waals surface area contributed by atoms with Gasteiger partial charge in [0.05, 0.1) is 16.7 Å². The summed E-state index contributed by atoms with van der Waals surface area (Å²) >= 11 is 1.97. The van der Waals surface area contributed by atoms with Crippen molar-refractivity contribution in [2.75, 3.05) is 23.4 Å². The molecule has 1 N–H and O–H groups in total. The second-order valence-electron chi connectivity index (χ2n) is 4.12. The minimum Gasteiger partial charge on any atom is -0.369 e. The van der Waals surface area contributed by atoms with Gasteiger partial charge in [0.25, 0.3) is 0 Å². The van der Waals surface area contributed by atoms with Crippen LogP contribution in [0.4, 0.5) is 5.82 Å². The quantitative estimate of drug-likeness (QED) is 0.808. The molecule has 0 aliphatic rings. The molecule has 2 rings (SSSR count). The summed E-state index contributed by atoms with van der Waals surface area (Å²) < 4.78 is 0. The van der Waals surface area contributed by atoms with Crippen LogP contribution in [-0.4, -0.2) is 28.0 Å². The normalized spacial score (nSPS) is 10.8. The SMILES string of the molecule is CCSCCCNc1nc2ccccc2nc1C. The van der Waals surface area contributed by atoms with E-state index >= 15 is 0 Å². The zero-order chi connectivity index (χ0) is 12.8. The van der Waals surface area contributed by atoms with E-state index in [1.165, 1.54) is 11.5 Å². The molecule has 0 bridgehead atoms. The summed E-state index contributed by atoms with van der Waals surface area (Å²) in [6, 6.07) is 7.98. The summed E-state index contributed by atoms with van der Waals surface area (Å²) in [5.74, 6) is 3.30. The van der Waals surface area contributed by atoms with Crippen LogP contribution in [0.3, 0.4) is 0 Å². The van der Waals surface area contributed by atoms with Gasteiger partial charge in [-0.15, -0.1) is 0 Å². The summed E-state index contributed by atoms with van der Waals surface area (Å²) in [7, 11) is 0. The predicted octanol–water partition coefficient (Wildman–Crippen LogP) is 3.49. The Bertz CT molecular complexity index is 513. The Labute approximate surface area is 112 Å². The zero-order valence-corrected chi connectivity index (χ0v) is 11.8. The number of benzene rings is 1. The van der Waals surface area contributed by atoms with E-state index in [4.69, 9.17) is 0 Å². The largest absolute Gasteiger partial charge is 0.369 e. The number of aryl methyl sites for hydroxylation is 1. The second kappa shape index (κ2) is 6.59. The van der Waals surface area contributed by atoms with Crippen molar-refractivity contribution in [2.45, 2.75) is 20.3 Å². The van der Waals surface area contributed by atoms with Crippen molar-refractivity contribution in [3.8, 4) is 0 Å². The van der Waals surface area contributed by atoms with Gasteiger partial charge < -0.3 is 5.32 Å². The highest BCUT2D eigenvalue weighted by molar-refractivity contribution is 7.99. The second-order valence-corrected chi connectivity index (χ2v) is 5.52. The van der Waals surface area contributed by atoms with Crippen molar-refractivity contribution >= 4 is 28.6 Å². The van der Waals surface area contributed by atoms with Gasteiger partial charge in [0.2, 0.25) is 0 Å². The molecule has 0 unspecified atom stereocenters. The molecule has 2 aromatic rings. The summed E-state index contributed by atoms with van der Waals surface area (Å²) in [6.07, 6.45) is 1.16. The first-order valence-electron chi connectivity index (χ1n) is 6.36. The fraction of sp³-hybridized carbons (Fsp3) is 0.429. The Hall–Kier alpha value is -1.29. The van der Waals surface area contributed by atoms with Crippen molar-refractivity contribution in [1.82, 2.24) is 9.97 Å². The molecular weight excluding hydrogens is 242 g/mol. The Kier molecular flexibility index (Phi) is 4.81. The number of hydrogen-bond acceptors (Lipinski definition) is 4. The molecule has 0 atom stereocenters. The number of para-hydroxylation sites is 2. The third-order valence-corrected chi connectivity index (χ3v) is 3.69. The van der Waals surface area contributed by atoms with Gasteiger partial charge >= 0.3 is 0 Å². The molecule has 0 saturated heterocycles. The first-order valence-corrected chi connectivity index (χ1v) is 7.51. The van der Waals surface area contributed by atoms with E-state index < -0.39 is 0 Å². The molecule has 1 aromatic carbocycles. The number of hydrogen-bond donors (Lipinski definition) is 1. The van der Waals surface area contributed by atoms with Gasteiger partial charge in [0.1, 0.15) is 5.82 Å². The first kappa shape index (κ1) is 13.1. The van der Waals surface area contributed by atoms with Crippen LogP contribution in [0.1, 0.15) is 19.0 Å². The molecule has 0 fully saturated rings. The molecule has 0 amide bonds. The number of nitrogens with zero attached hydrogens (tertiary/aromatic N) is 2. The fourth-order valence-electron chi connectivity index (χ4n) is 1.78. The van der Waals surface area contributed by atoms with E-state index in [9.17, 15) is 0 Å². The molecule has 0 aliphatic carbocycles. The lowest BCUT2D eigenvalue weighted by molar-refractivity contribution is 0.973. The van der Waals surface area contributed by atoms with Gasteiger partial charge in [-0.2, -0.15) is 11.8 Å². The molecule has 0 saturated carbocycles. The van der Waals surface area contributed by atoms with Gasteiger partial charge in [0, 0.05) is 6.54 Å². The minimum atomic E-state index is 0.912. The molecular formula is C14H19N3S. The van der Waals surface area contributed by atoms with Gasteiger partial charge in [0.15, 0.2) is 0 Å². The van der Waals surface area contributed by atoms with Gasteiger partial charge in [-0.25, -0.2) is 9.97 Å². The minimum absolute atomic E-state index is 0.912. The average Bonchev–Trinajstić information content (AvgIpc) is 2.39. The van der Waals surface area contributed by atoms with E-state index in [1.54, 1.807) is 0 Å². The van der Waals surface area contributed by atoms with Gasteiger partial charge in [-0.05, 0) is 37.0 Å². The molecule has 0 radical (unpaired) electrons. The first-order chi connectivity index (χ1) is 8.81. The number of nitrogens with one attached hydrogen (secondary N) is 1. The molecule has 1 heterocycles. The van der Waals surface area contributed by atoms with Crippen molar-refractivity contribution in [2.24, 2.45) is 0 Å². The lowest BCUT2D eigenvalue weighted by Crippen LogP contribution is -2.07. The molecule has 3 nitrogen and oxygen atoms in total. The van der Waals surface area contributed by atoms with Crippen LogP contribution in [0.5, 0.6) is 0 Å². The van der Waals surface area contributed by atoms with Gasteiger partial charge in [-0.3, -0.25) is 0 Å². The molecule has 0 spiro atoms. The van der Waals surface area contributed by atoms with E-state index in [0.717, 1.165) is 35.5 Å². The van der Waals surface area contributed by atoms with Crippen LogP contribution in [-0.2, 0) is 0 Å². The van der Waals surface area contributed by atoms with Crippen LogP contribution < -0.4 is 5.32 Å². The third-order valence-electron chi connectivity index (χ3n) is 2.71. The highest BCUT2D eigenvalue weighted by Crippen LogP contribution is 2.15. The van der Waals surface area contributed by atoms with Crippen LogP contribution in [0.15, 0.2) is 24.3 Å². The standard InChI is InChI=1S/C14H19N3S/c1-3-18-10-6-9-15-14-11(2)16-12-7-4-5-8-13(12)17-14/h4-5,7-8H,3,6,9-10H2,1-2H3,(H,15,17). The van der Waals surface area contributed by atoms with Crippen molar-refractivity contribution in [3.05, 3.63) is 30.0 Å². The smallest absolute Gasteiger partial charge is 0.148 e. The van der Waals surface area contributed by atoms with E-state index in [-0.39, 0.29) is 0 Å². The van der Waals surface area contributed by atoms with Gasteiger partial charge in [-0.1, -0.05) is 19.1 Å². The maximum absolute atomic E-state index is 4.61. The number of rotatable bonds is 6. The highest BCUT2D eigenvalue weighted by atomic mass is 32.2. The Balaban J connectivity index is 2.01. The number of fused-ring (bicyclic) bond motifs is 1. The molecule has 0 aliphatic heterocycles. The summed E-state index contributed by atoms with van der Waals surface area (Å²) in [4.78, 5) is 9.17. The number of thioether (sulfide) groups is 1. The summed E-state index contributed by atoms with van der Waals surface area (Å²) in [5, 5.41) is 3.38. The number of anilines is 1. The van der Waals surface area contributed by atoms with Crippen LogP contribution in [0, 0.1) is 6.92 Å². The fourth-order valence-corrected chi connectivity index (χ4v) is 2.42. The Morgan fingerprint density at radius 1 is 1.17 bits per heavy atom. The molecule has 96 valence electrons. The van der Waals surface area contributed by atoms with Crippen molar-refractivity contribution in [1.29, 1.82) is 0 Å². The van der Waals surface area contributed by atoms with E-state index in [1.807, 2.05) is 43.0 Å². The predicted molar refractivity (Wildman–Crippen MR) is 80.4 cm³/mol. The summed E-state index contributed by atoms with van der Waals surface area (Å²) in [5.41, 5.74) is 2.88. The maximum Gasteiger partial charge on any atom is 0.148 e. The lowest BCUT2D eigenvalue weighted by Gasteiger charge is -2.09. The zero-order valence-electron chi connectivity index (χ0n) is 10.9. The molecule has 4 heteroatoms. The maximum atomic E-state index is 4.61. The van der Waals surface area contributed by atoms with Crippen LogP contribution in [0.25, 0.3) is 11.0 Å². The van der Waals surface area contributed by atoms with Crippen molar-refractivity contribution < 1.29 is 0 Å². The number of aromatic nitrogens is 2. The Morgan fingerprint density at radius 2 is 1.89 bits per heavy atom. The average molecular weight is 261 g/mol. The third kappa shape index (κ3) is 3.35. The molecule has 18 heavy (non-hydrogen) atoms. The van der Waals surface area contributed by atoms with E-state index in [0.29, 0.717) is 0 Å². The van der Waals surface area contributed by atoms with Crippen LogP contribution >= 0.6 is 11.8 Å².